The number of methoxy groups -OCH3 is 1. The molecule has 0 unspecified atom stereocenters. The maximum absolute atomic E-state index is 12.1. The molecule has 0 aromatic heterocycles. The molecule has 0 saturated heterocycles. The van der Waals surface area contributed by atoms with E-state index < -0.39 is 0 Å². The van der Waals surface area contributed by atoms with E-state index in [2.05, 4.69) is 6.58 Å². The van der Waals surface area contributed by atoms with Gasteiger partial charge in [0.2, 0.25) is 0 Å². The van der Waals surface area contributed by atoms with Crippen molar-refractivity contribution < 1.29 is 14.3 Å². The number of carbonyl (C=O) groups is 1. The van der Waals surface area contributed by atoms with Gasteiger partial charge in [0.05, 0.1) is 7.11 Å². The summed E-state index contributed by atoms with van der Waals surface area (Å²) in [7, 11) is 1.60. The van der Waals surface area contributed by atoms with Crippen molar-refractivity contribution in [2.75, 3.05) is 13.7 Å². The third-order valence-corrected chi connectivity index (χ3v) is 3.03. The zero-order valence-electron chi connectivity index (χ0n) is 12.5. The Kier molecular flexibility index (Phi) is 5.55. The Morgan fingerprint density at radius 3 is 2.59 bits per heavy atom. The zero-order chi connectivity index (χ0) is 15.8. The van der Waals surface area contributed by atoms with E-state index in [1.807, 2.05) is 24.3 Å². The summed E-state index contributed by atoms with van der Waals surface area (Å²) in [5, 5.41) is 0. The largest absolute Gasteiger partial charge is 0.497 e. The Labute approximate surface area is 130 Å². The minimum absolute atomic E-state index is 0.0555. The number of rotatable bonds is 7. The number of hydrogen-bond acceptors (Lipinski definition) is 3. The molecule has 0 bridgehead atoms. The van der Waals surface area contributed by atoms with Crippen LogP contribution in [0.4, 0.5) is 0 Å². The molecule has 0 aliphatic rings. The van der Waals surface area contributed by atoms with Crippen molar-refractivity contribution in [2.24, 2.45) is 0 Å². The molecule has 0 N–H and O–H groups in total. The predicted octanol–water partition coefficient (Wildman–Crippen LogP) is 4.16. The third-order valence-electron chi connectivity index (χ3n) is 3.03. The van der Waals surface area contributed by atoms with Crippen LogP contribution in [-0.4, -0.2) is 19.5 Å². The Hall–Kier alpha value is -2.81. The van der Waals surface area contributed by atoms with Gasteiger partial charge in [0.15, 0.2) is 5.78 Å². The van der Waals surface area contributed by atoms with Crippen LogP contribution in [0.5, 0.6) is 11.5 Å². The lowest BCUT2D eigenvalue weighted by atomic mass is 10.1. The highest BCUT2D eigenvalue weighted by Gasteiger charge is 2.02. The first-order chi connectivity index (χ1) is 10.7. The smallest absolute Gasteiger partial charge is 0.185 e. The monoisotopic (exact) mass is 294 g/mol. The number of ketones is 1. The van der Waals surface area contributed by atoms with Crippen molar-refractivity contribution in [3.8, 4) is 11.5 Å². The summed E-state index contributed by atoms with van der Waals surface area (Å²) >= 11 is 0. The standard InChI is InChI=1S/C19H18O3/c1-3-13-22-18-6-4-5-15(14-18)7-12-19(20)16-8-10-17(21-2)11-9-16/h3-12,14H,1,13H2,2H3. The third kappa shape index (κ3) is 4.35. The summed E-state index contributed by atoms with van der Waals surface area (Å²) in [6, 6.07) is 14.6. The van der Waals surface area contributed by atoms with Gasteiger partial charge < -0.3 is 9.47 Å². The van der Waals surface area contributed by atoms with Gasteiger partial charge in [-0.2, -0.15) is 0 Å². The molecular weight excluding hydrogens is 276 g/mol. The van der Waals surface area contributed by atoms with E-state index in [4.69, 9.17) is 9.47 Å². The molecule has 0 fully saturated rings. The van der Waals surface area contributed by atoms with Crippen molar-refractivity contribution in [3.63, 3.8) is 0 Å². The topological polar surface area (TPSA) is 35.5 Å². The van der Waals surface area contributed by atoms with E-state index in [0.29, 0.717) is 12.2 Å². The van der Waals surface area contributed by atoms with Crippen LogP contribution in [0.25, 0.3) is 6.08 Å². The molecule has 22 heavy (non-hydrogen) atoms. The fraction of sp³-hybridized carbons (Fsp3) is 0.105. The van der Waals surface area contributed by atoms with E-state index in [0.717, 1.165) is 17.1 Å². The number of ether oxygens (including phenoxy) is 2. The van der Waals surface area contributed by atoms with E-state index in [9.17, 15) is 4.79 Å². The Morgan fingerprint density at radius 1 is 1.14 bits per heavy atom. The molecule has 3 nitrogen and oxygen atoms in total. The second-order valence-corrected chi connectivity index (χ2v) is 4.60. The van der Waals surface area contributed by atoms with Gasteiger partial charge in [-0.25, -0.2) is 0 Å². The number of benzene rings is 2. The highest BCUT2D eigenvalue weighted by atomic mass is 16.5. The highest BCUT2D eigenvalue weighted by Crippen LogP contribution is 2.16. The molecule has 0 amide bonds. The van der Waals surface area contributed by atoms with Crippen LogP contribution in [0.3, 0.4) is 0 Å². The summed E-state index contributed by atoms with van der Waals surface area (Å²) in [5.41, 5.74) is 1.53. The quantitative estimate of drug-likeness (QED) is 0.437. The summed E-state index contributed by atoms with van der Waals surface area (Å²) in [4.78, 5) is 12.1. The highest BCUT2D eigenvalue weighted by molar-refractivity contribution is 6.06. The van der Waals surface area contributed by atoms with Crippen LogP contribution in [0.2, 0.25) is 0 Å². The van der Waals surface area contributed by atoms with Gasteiger partial charge >= 0.3 is 0 Å². The van der Waals surface area contributed by atoms with E-state index in [-0.39, 0.29) is 5.78 Å². The van der Waals surface area contributed by atoms with Crippen molar-refractivity contribution in [2.45, 2.75) is 0 Å². The van der Waals surface area contributed by atoms with Crippen LogP contribution in [0.15, 0.2) is 67.3 Å². The van der Waals surface area contributed by atoms with Gasteiger partial charge in [-0.15, -0.1) is 0 Å². The maximum Gasteiger partial charge on any atom is 0.185 e. The normalized spacial score (nSPS) is 10.4. The van der Waals surface area contributed by atoms with Gasteiger partial charge in [0, 0.05) is 5.56 Å². The Bertz CT molecular complexity index is 669. The fourth-order valence-corrected chi connectivity index (χ4v) is 1.89. The second kappa shape index (κ2) is 7.84. The molecule has 0 spiro atoms. The lowest BCUT2D eigenvalue weighted by Crippen LogP contribution is -1.94. The van der Waals surface area contributed by atoms with Crippen molar-refractivity contribution in [3.05, 3.63) is 78.4 Å². The summed E-state index contributed by atoms with van der Waals surface area (Å²) in [6.07, 6.45) is 5.01. The summed E-state index contributed by atoms with van der Waals surface area (Å²) < 4.78 is 10.5. The van der Waals surface area contributed by atoms with Crippen molar-refractivity contribution in [1.82, 2.24) is 0 Å². The average Bonchev–Trinajstić information content (AvgIpc) is 2.58. The first-order valence-corrected chi connectivity index (χ1v) is 6.93. The molecule has 0 heterocycles. The molecule has 112 valence electrons. The SMILES string of the molecule is C=CCOc1cccc(C=CC(=O)c2ccc(OC)cc2)c1. The molecule has 0 aliphatic carbocycles. The van der Waals surface area contributed by atoms with Crippen LogP contribution >= 0.6 is 0 Å². The lowest BCUT2D eigenvalue weighted by Gasteiger charge is -2.03. The molecule has 3 heteroatoms. The van der Waals surface area contributed by atoms with Crippen LogP contribution < -0.4 is 9.47 Å². The van der Waals surface area contributed by atoms with Gasteiger partial charge in [-0.05, 0) is 48.0 Å². The predicted molar refractivity (Wildman–Crippen MR) is 88.5 cm³/mol. The minimum Gasteiger partial charge on any atom is -0.497 e. The van der Waals surface area contributed by atoms with Crippen LogP contribution in [-0.2, 0) is 0 Å². The molecule has 0 saturated carbocycles. The fourth-order valence-electron chi connectivity index (χ4n) is 1.89. The second-order valence-electron chi connectivity index (χ2n) is 4.60. The molecule has 0 aliphatic heterocycles. The van der Waals surface area contributed by atoms with E-state index in [1.165, 1.54) is 0 Å². The van der Waals surface area contributed by atoms with Gasteiger partial charge in [0.1, 0.15) is 18.1 Å². The van der Waals surface area contributed by atoms with Crippen molar-refractivity contribution >= 4 is 11.9 Å². The Balaban J connectivity index is 2.06. The number of hydrogen-bond donors (Lipinski definition) is 0. The first kappa shape index (κ1) is 15.6. The van der Waals surface area contributed by atoms with Gasteiger partial charge in [0.25, 0.3) is 0 Å². The summed E-state index contributed by atoms with van der Waals surface area (Å²) in [6.45, 7) is 4.07. The molecule has 2 rings (SSSR count). The zero-order valence-corrected chi connectivity index (χ0v) is 12.5. The first-order valence-electron chi connectivity index (χ1n) is 6.93. The summed E-state index contributed by atoms with van der Waals surface area (Å²) in [5.74, 6) is 1.42. The number of allylic oxidation sites excluding steroid dienone is 1. The van der Waals surface area contributed by atoms with E-state index >= 15 is 0 Å². The van der Waals surface area contributed by atoms with Gasteiger partial charge in [-0.1, -0.05) is 30.9 Å². The molecule has 2 aromatic rings. The minimum atomic E-state index is -0.0555. The molecule has 0 radical (unpaired) electrons. The molecule has 2 aromatic carbocycles. The lowest BCUT2D eigenvalue weighted by molar-refractivity contribution is 0.104. The number of carbonyl (C=O) groups excluding carboxylic acids is 1. The van der Waals surface area contributed by atoms with Crippen LogP contribution in [0, 0.1) is 0 Å². The Morgan fingerprint density at radius 2 is 1.91 bits per heavy atom. The van der Waals surface area contributed by atoms with Crippen LogP contribution in [0.1, 0.15) is 15.9 Å². The van der Waals surface area contributed by atoms with Crippen molar-refractivity contribution in [1.29, 1.82) is 0 Å². The average molecular weight is 294 g/mol. The van der Waals surface area contributed by atoms with E-state index in [1.54, 1.807) is 49.6 Å². The molecular formula is C19H18O3. The molecule has 0 atom stereocenters. The van der Waals surface area contributed by atoms with Gasteiger partial charge in [-0.3, -0.25) is 4.79 Å². The maximum atomic E-state index is 12.1.